The smallest absolute Gasteiger partial charge is 0.348 e. The summed E-state index contributed by atoms with van der Waals surface area (Å²) in [6.07, 6.45) is 0. The highest BCUT2D eigenvalue weighted by atomic mass is 79.9. The van der Waals surface area contributed by atoms with Crippen LogP contribution in [0.5, 0.6) is 0 Å². The highest BCUT2D eigenvalue weighted by Gasteiger charge is 2.29. The number of aryl methyl sites for hydroxylation is 1. The fourth-order valence-corrected chi connectivity index (χ4v) is 5.23. The van der Waals surface area contributed by atoms with Crippen molar-refractivity contribution in [2.24, 2.45) is 0 Å². The van der Waals surface area contributed by atoms with E-state index < -0.39 is 16.0 Å². The highest BCUT2D eigenvalue weighted by Crippen LogP contribution is 2.33. The lowest BCUT2D eigenvalue weighted by atomic mass is 10.2. The van der Waals surface area contributed by atoms with E-state index in [0.29, 0.717) is 0 Å². The summed E-state index contributed by atoms with van der Waals surface area (Å²) < 4.78 is 28.6. The topological polar surface area (TPSA) is 74.7 Å². The van der Waals surface area contributed by atoms with Gasteiger partial charge in [0.1, 0.15) is 4.88 Å². The number of nitrogens with zero attached hydrogens (tertiary/aromatic N) is 1. The number of aromatic carboxylic acids is 1. The molecule has 3 rings (SSSR count). The van der Waals surface area contributed by atoms with E-state index in [4.69, 9.17) is 0 Å². The van der Waals surface area contributed by atoms with Crippen molar-refractivity contribution in [1.82, 2.24) is 0 Å². The number of hydrogen-bond acceptors (Lipinski definition) is 4. The Morgan fingerprint density at radius 2 is 1.78 bits per heavy atom. The van der Waals surface area contributed by atoms with Crippen LogP contribution in [0.15, 0.2) is 69.3 Å². The Labute approximate surface area is 170 Å². The van der Waals surface area contributed by atoms with E-state index in [1.54, 1.807) is 23.6 Å². The van der Waals surface area contributed by atoms with Crippen LogP contribution >= 0.6 is 27.3 Å². The van der Waals surface area contributed by atoms with Gasteiger partial charge in [-0.3, -0.25) is 4.31 Å². The third-order valence-electron chi connectivity index (χ3n) is 3.99. The molecule has 0 atom stereocenters. The number of sulfonamides is 1. The molecule has 3 aromatic rings. The lowest BCUT2D eigenvalue weighted by molar-refractivity contribution is 0.0703. The van der Waals surface area contributed by atoms with E-state index in [9.17, 15) is 18.3 Å². The van der Waals surface area contributed by atoms with E-state index in [-0.39, 0.29) is 22.0 Å². The number of carbonyl (C=O) groups is 1. The van der Waals surface area contributed by atoms with Crippen LogP contribution < -0.4 is 4.31 Å². The van der Waals surface area contributed by atoms with Crippen LogP contribution in [0.3, 0.4) is 0 Å². The van der Waals surface area contributed by atoms with Crippen LogP contribution in [0.2, 0.25) is 0 Å². The standard InChI is InChI=1S/C19H16BrNO4S2/c1-13-6-8-15(9-7-13)27(24,25)21(12-14-4-2-3-5-16(14)20)17-10-11-26-18(17)19(22)23/h2-11H,12H2,1H3,(H,22,23). The second-order valence-electron chi connectivity index (χ2n) is 5.86. The molecule has 27 heavy (non-hydrogen) atoms. The number of benzene rings is 2. The number of anilines is 1. The Morgan fingerprint density at radius 1 is 1.11 bits per heavy atom. The van der Waals surface area contributed by atoms with Gasteiger partial charge in [0.05, 0.1) is 17.1 Å². The first-order valence-electron chi connectivity index (χ1n) is 7.94. The molecule has 0 bridgehead atoms. The summed E-state index contributed by atoms with van der Waals surface area (Å²) in [4.78, 5) is 11.7. The predicted octanol–water partition coefficient (Wildman–Crippen LogP) is 4.91. The summed E-state index contributed by atoms with van der Waals surface area (Å²) >= 11 is 4.43. The van der Waals surface area contributed by atoms with Gasteiger partial charge in [-0.05, 0) is 42.1 Å². The first kappa shape index (κ1) is 19.6. The summed E-state index contributed by atoms with van der Waals surface area (Å²) in [6.45, 7) is 1.88. The van der Waals surface area contributed by atoms with Crippen LogP contribution in [-0.4, -0.2) is 19.5 Å². The van der Waals surface area contributed by atoms with Crippen molar-refractivity contribution in [1.29, 1.82) is 0 Å². The van der Waals surface area contributed by atoms with Crippen LogP contribution in [0.4, 0.5) is 5.69 Å². The molecule has 0 aliphatic rings. The van der Waals surface area contributed by atoms with Crippen molar-refractivity contribution in [3.05, 3.63) is 80.5 Å². The zero-order valence-electron chi connectivity index (χ0n) is 14.3. The van der Waals surface area contributed by atoms with Crippen molar-refractivity contribution in [2.45, 2.75) is 18.4 Å². The molecule has 1 N–H and O–H groups in total. The second-order valence-corrected chi connectivity index (χ2v) is 9.49. The van der Waals surface area contributed by atoms with Gasteiger partial charge in [-0.1, -0.05) is 51.8 Å². The predicted molar refractivity (Wildman–Crippen MR) is 110 cm³/mol. The lowest BCUT2D eigenvalue weighted by Gasteiger charge is -2.25. The van der Waals surface area contributed by atoms with Crippen LogP contribution in [0.1, 0.15) is 20.8 Å². The van der Waals surface area contributed by atoms with Crippen molar-refractivity contribution < 1.29 is 18.3 Å². The van der Waals surface area contributed by atoms with Gasteiger partial charge in [-0.2, -0.15) is 0 Å². The van der Waals surface area contributed by atoms with Gasteiger partial charge in [0.15, 0.2) is 0 Å². The molecule has 1 heterocycles. The minimum absolute atomic E-state index is 0.00858. The van der Waals surface area contributed by atoms with Crippen LogP contribution in [0.25, 0.3) is 0 Å². The Kier molecular flexibility index (Phi) is 5.69. The average molecular weight is 466 g/mol. The summed E-state index contributed by atoms with van der Waals surface area (Å²) in [5.41, 5.74) is 1.83. The molecule has 0 unspecified atom stereocenters. The fourth-order valence-electron chi connectivity index (χ4n) is 2.58. The Hall–Kier alpha value is -2.16. The Morgan fingerprint density at radius 3 is 2.41 bits per heavy atom. The van der Waals surface area contributed by atoms with Crippen LogP contribution in [0, 0.1) is 6.92 Å². The maximum absolute atomic E-state index is 13.4. The lowest BCUT2D eigenvalue weighted by Crippen LogP contribution is -2.31. The van der Waals surface area contributed by atoms with Gasteiger partial charge < -0.3 is 5.11 Å². The maximum atomic E-state index is 13.4. The van der Waals surface area contributed by atoms with Gasteiger partial charge in [-0.15, -0.1) is 11.3 Å². The molecule has 1 aromatic heterocycles. The molecule has 0 aliphatic carbocycles. The summed E-state index contributed by atoms with van der Waals surface area (Å²) in [5.74, 6) is -1.16. The Balaban J connectivity index is 2.15. The SMILES string of the molecule is Cc1ccc(S(=O)(=O)N(Cc2ccccc2Br)c2ccsc2C(=O)O)cc1. The number of thiophene rings is 1. The molecule has 5 nitrogen and oxygen atoms in total. The Bertz CT molecular complexity index is 1080. The van der Waals surface area contributed by atoms with Gasteiger partial charge >= 0.3 is 5.97 Å². The number of carboxylic acid groups (broad SMARTS) is 1. The number of carboxylic acids is 1. The third kappa shape index (κ3) is 4.07. The van der Waals surface area contributed by atoms with Crippen molar-refractivity contribution in [3.8, 4) is 0 Å². The molecule has 0 saturated heterocycles. The van der Waals surface area contributed by atoms with E-state index in [0.717, 1.165) is 31.2 Å². The maximum Gasteiger partial charge on any atom is 0.348 e. The van der Waals surface area contributed by atoms with E-state index in [1.165, 1.54) is 18.2 Å². The molecule has 0 fully saturated rings. The van der Waals surface area contributed by atoms with Gasteiger partial charge in [0, 0.05) is 4.47 Å². The molecular formula is C19H16BrNO4S2. The van der Waals surface area contributed by atoms with E-state index >= 15 is 0 Å². The first-order chi connectivity index (χ1) is 12.8. The average Bonchev–Trinajstić information content (AvgIpc) is 3.10. The molecule has 8 heteroatoms. The normalized spacial score (nSPS) is 11.3. The zero-order chi connectivity index (χ0) is 19.6. The van der Waals surface area contributed by atoms with Crippen molar-refractivity contribution in [2.75, 3.05) is 4.31 Å². The fraction of sp³-hybridized carbons (Fsp3) is 0.105. The molecule has 0 spiro atoms. The highest BCUT2D eigenvalue weighted by molar-refractivity contribution is 9.10. The molecule has 0 amide bonds. The largest absolute Gasteiger partial charge is 0.477 e. The van der Waals surface area contributed by atoms with E-state index in [1.807, 2.05) is 25.1 Å². The number of halogens is 1. The van der Waals surface area contributed by atoms with Crippen molar-refractivity contribution in [3.63, 3.8) is 0 Å². The molecule has 0 saturated carbocycles. The quantitative estimate of drug-likeness (QED) is 0.560. The summed E-state index contributed by atoms with van der Waals surface area (Å²) in [7, 11) is -3.96. The number of hydrogen-bond donors (Lipinski definition) is 1. The third-order valence-corrected chi connectivity index (χ3v) is 7.43. The molecule has 140 valence electrons. The second kappa shape index (κ2) is 7.84. The summed E-state index contributed by atoms with van der Waals surface area (Å²) in [6, 6.07) is 15.3. The van der Waals surface area contributed by atoms with Crippen molar-refractivity contribution >= 4 is 48.9 Å². The molecular weight excluding hydrogens is 450 g/mol. The van der Waals surface area contributed by atoms with Crippen LogP contribution in [-0.2, 0) is 16.6 Å². The first-order valence-corrected chi connectivity index (χ1v) is 11.1. The number of rotatable bonds is 6. The zero-order valence-corrected chi connectivity index (χ0v) is 17.5. The molecule has 2 aromatic carbocycles. The van der Waals surface area contributed by atoms with Gasteiger partial charge in [-0.25, -0.2) is 13.2 Å². The minimum atomic E-state index is -3.96. The molecule has 0 aliphatic heterocycles. The summed E-state index contributed by atoms with van der Waals surface area (Å²) in [5, 5.41) is 11.1. The monoisotopic (exact) mass is 465 g/mol. The van der Waals surface area contributed by atoms with E-state index in [2.05, 4.69) is 15.9 Å². The van der Waals surface area contributed by atoms with Gasteiger partial charge in [0.2, 0.25) is 0 Å². The minimum Gasteiger partial charge on any atom is -0.477 e. The molecule has 0 radical (unpaired) electrons. The van der Waals surface area contributed by atoms with Gasteiger partial charge in [0.25, 0.3) is 10.0 Å².